The number of halogens is 2. The Labute approximate surface area is 208 Å². The molecule has 3 heterocycles. The van der Waals surface area contributed by atoms with Crippen LogP contribution in [-0.2, 0) is 0 Å². The predicted octanol–water partition coefficient (Wildman–Crippen LogP) is 4.37. The summed E-state index contributed by atoms with van der Waals surface area (Å²) in [6, 6.07) is 7.19. The monoisotopic (exact) mass is 500 g/mol. The molecule has 0 unspecified atom stereocenters. The molecule has 3 aromatic rings. The number of imidazole rings is 1. The third-order valence-electron chi connectivity index (χ3n) is 6.79. The number of methoxy groups -OCH3 is 1. The van der Waals surface area contributed by atoms with E-state index in [0.29, 0.717) is 35.3 Å². The van der Waals surface area contributed by atoms with Crippen molar-refractivity contribution < 1.29 is 27.8 Å². The number of fused-ring (bicyclic) bond motifs is 1. The molecular weight excluding hydrogens is 470 g/mol. The molecule has 1 saturated heterocycles. The highest BCUT2D eigenvalue weighted by molar-refractivity contribution is 6.01. The van der Waals surface area contributed by atoms with Crippen LogP contribution in [0.4, 0.5) is 8.78 Å². The molecule has 5 rings (SSSR count). The van der Waals surface area contributed by atoms with E-state index >= 15 is 0 Å². The Balaban J connectivity index is 1.43. The molecule has 8 nitrogen and oxygen atoms in total. The first kappa shape index (κ1) is 24.3. The van der Waals surface area contributed by atoms with Crippen LogP contribution in [0.1, 0.15) is 42.5 Å². The lowest BCUT2D eigenvalue weighted by atomic mass is 10.0. The first-order chi connectivity index (χ1) is 17.4. The molecule has 192 valence electrons. The zero-order chi connectivity index (χ0) is 25.2. The zero-order valence-electron chi connectivity index (χ0n) is 20.4. The first-order valence-corrected chi connectivity index (χ1v) is 12.2. The van der Waals surface area contributed by atoms with Crippen LogP contribution in [-0.4, -0.2) is 66.2 Å². The van der Waals surface area contributed by atoms with Crippen molar-refractivity contribution in [1.29, 1.82) is 0 Å². The number of alkyl halides is 2. The molecule has 1 aliphatic carbocycles. The maximum atomic E-state index is 13.2. The summed E-state index contributed by atoms with van der Waals surface area (Å²) in [5, 5.41) is 2.81. The molecule has 1 saturated carbocycles. The number of carbonyl (C=O) groups is 1. The van der Waals surface area contributed by atoms with Gasteiger partial charge in [0.2, 0.25) is 0 Å². The Morgan fingerprint density at radius 3 is 2.72 bits per heavy atom. The van der Waals surface area contributed by atoms with Crippen molar-refractivity contribution >= 4 is 11.6 Å². The van der Waals surface area contributed by atoms with Crippen LogP contribution in [0.15, 0.2) is 36.7 Å². The van der Waals surface area contributed by atoms with Crippen molar-refractivity contribution in [3.8, 4) is 28.5 Å². The molecule has 0 bridgehead atoms. The summed E-state index contributed by atoms with van der Waals surface area (Å²) in [6.07, 6.45) is 8.74. The molecule has 1 N–H and O–H groups in total. The van der Waals surface area contributed by atoms with Crippen LogP contribution >= 0.6 is 0 Å². The van der Waals surface area contributed by atoms with Gasteiger partial charge >= 0.3 is 6.61 Å². The highest BCUT2D eigenvalue weighted by Gasteiger charge is 2.29. The fraction of sp³-hybridized carbons (Fsp3) is 0.462. The molecule has 1 amide bonds. The molecule has 0 radical (unpaired) electrons. The molecular formula is C26H30F2N4O4. The zero-order valence-corrected chi connectivity index (χ0v) is 20.4. The molecule has 36 heavy (non-hydrogen) atoms. The fourth-order valence-electron chi connectivity index (χ4n) is 4.61. The standard InChI is InChI=1S/C26H30F2N4O4/c1-31-9-4-3-5-18(31)15-35-19-8-10-32-20(14-29-23(32)13-19)16-11-21(34-2)24(22(12-16)36-26(27)28)25(33)30-17-6-7-17/h8,10-14,17-18,26H,3-7,9,15H2,1-2H3,(H,30,33)/t18-/m0/s1. The Morgan fingerprint density at radius 2 is 2.00 bits per heavy atom. The Bertz CT molecular complexity index is 1240. The van der Waals surface area contributed by atoms with Crippen LogP contribution in [0.5, 0.6) is 17.2 Å². The molecule has 2 fully saturated rings. The number of hydrogen-bond donors (Lipinski definition) is 1. The molecule has 10 heteroatoms. The van der Waals surface area contributed by atoms with Gasteiger partial charge in [-0.05, 0) is 57.5 Å². The van der Waals surface area contributed by atoms with E-state index in [0.717, 1.165) is 25.8 Å². The summed E-state index contributed by atoms with van der Waals surface area (Å²) in [6.45, 7) is -1.41. The fourth-order valence-corrected chi connectivity index (χ4v) is 4.61. The third kappa shape index (κ3) is 5.23. The van der Waals surface area contributed by atoms with E-state index in [1.165, 1.54) is 26.0 Å². The third-order valence-corrected chi connectivity index (χ3v) is 6.79. The lowest BCUT2D eigenvalue weighted by Crippen LogP contribution is -2.40. The number of benzene rings is 1. The summed E-state index contributed by atoms with van der Waals surface area (Å²) in [5.41, 5.74) is 1.75. The van der Waals surface area contributed by atoms with E-state index in [1.54, 1.807) is 12.3 Å². The Kier molecular flexibility index (Phi) is 6.95. The van der Waals surface area contributed by atoms with Crippen LogP contribution in [0.25, 0.3) is 16.9 Å². The van der Waals surface area contributed by atoms with Gasteiger partial charge in [0.1, 0.15) is 35.1 Å². The number of hydrogen-bond acceptors (Lipinski definition) is 6. The van der Waals surface area contributed by atoms with Gasteiger partial charge in [-0.2, -0.15) is 8.78 Å². The number of pyridine rings is 1. The van der Waals surface area contributed by atoms with E-state index in [-0.39, 0.29) is 23.1 Å². The average molecular weight is 501 g/mol. The predicted molar refractivity (Wildman–Crippen MR) is 130 cm³/mol. The maximum absolute atomic E-state index is 13.2. The summed E-state index contributed by atoms with van der Waals surface area (Å²) < 4.78 is 44.5. The Morgan fingerprint density at radius 1 is 1.19 bits per heavy atom. The number of amides is 1. The number of aromatic nitrogens is 2. The van der Waals surface area contributed by atoms with Crippen LogP contribution in [0.3, 0.4) is 0 Å². The van der Waals surface area contributed by atoms with E-state index < -0.39 is 12.5 Å². The minimum atomic E-state index is -3.09. The van der Waals surface area contributed by atoms with Gasteiger partial charge < -0.3 is 24.4 Å². The second kappa shape index (κ2) is 10.3. The summed E-state index contributed by atoms with van der Waals surface area (Å²) in [7, 11) is 3.51. The molecule has 1 atom stereocenters. The van der Waals surface area contributed by atoms with Crippen molar-refractivity contribution in [3.05, 3.63) is 42.2 Å². The van der Waals surface area contributed by atoms with E-state index in [4.69, 9.17) is 14.2 Å². The van der Waals surface area contributed by atoms with E-state index in [9.17, 15) is 13.6 Å². The number of nitrogens with one attached hydrogen (secondary N) is 1. The summed E-state index contributed by atoms with van der Waals surface area (Å²) >= 11 is 0. The summed E-state index contributed by atoms with van der Waals surface area (Å²) in [5.74, 6) is 0.113. The number of nitrogens with zero attached hydrogens (tertiary/aromatic N) is 3. The number of likely N-dealkylation sites (N-methyl/N-ethyl adjacent to an activating group) is 1. The number of ether oxygens (including phenoxy) is 3. The largest absolute Gasteiger partial charge is 0.496 e. The number of piperidine rings is 1. The maximum Gasteiger partial charge on any atom is 0.387 e. The van der Waals surface area contributed by atoms with Gasteiger partial charge in [0.05, 0.1) is 19.0 Å². The van der Waals surface area contributed by atoms with Gasteiger partial charge in [0.25, 0.3) is 5.91 Å². The number of likely N-dealkylation sites (tertiary alicyclic amines) is 1. The highest BCUT2D eigenvalue weighted by atomic mass is 19.3. The van der Waals surface area contributed by atoms with Crippen molar-refractivity contribution in [2.75, 3.05) is 27.3 Å². The lowest BCUT2D eigenvalue weighted by molar-refractivity contribution is -0.0502. The minimum absolute atomic E-state index is 0.0503. The SMILES string of the molecule is COc1cc(-c2cnc3cc(OC[C@@H]4CCCCN4C)ccn23)cc(OC(F)F)c1C(=O)NC1CC1. The van der Waals surface area contributed by atoms with Crippen LogP contribution in [0, 0.1) is 0 Å². The first-order valence-electron chi connectivity index (χ1n) is 12.2. The van der Waals surface area contributed by atoms with Crippen molar-refractivity contribution in [2.45, 2.75) is 50.8 Å². The topological polar surface area (TPSA) is 77.3 Å². The van der Waals surface area contributed by atoms with Gasteiger partial charge in [-0.3, -0.25) is 9.20 Å². The molecule has 2 aromatic heterocycles. The van der Waals surface area contributed by atoms with E-state index in [1.807, 2.05) is 22.7 Å². The molecule has 1 aromatic carbocycles. The molecule has 1 aliphatic heterocycles. The second-order valence-corrected chi connectivity index (χ2v) is 9.35. The normalized spacial score (nSPS) is 18.4. The average Bonchev–Trinajstić information content (AvgIpc) is 3.57. The highest BCUT2D eigenvalue weighted by Crippen LogP contribution is 2.37. The van der Waals surface area contributed by atoms with Gasteiger partial charge in [0.15, 0.2) is 0 Å². The lowest BCUT2D eigenvalue weighted by Gasteiger charge is -2.32. The van der Waals surface area contributed by atoms with Crippen molar-refractivity contribution in [1.82, 2.24) is 19.6 Å². The van der Waals surface area contributed by atoms with Gasteiger partial charge in [-0.1, -0.05) is 6.42 Å². The van der Waals surface area contributed by atoms with Gasteiger partial charge in [-0.25, -0.2) is 4.98 Å². The van der Waals surface area contributed by atoms with Gasteiger partial charge in [-0.15, -0.1) is 0 Å². The second-order valence-electron chi connectivity index (χ2n) is 9.35. The molecule has 0 spiro atoms. The van der Waals surface area contributed by atoms with Gasteiger partial charge in [0, 0.05) is 29.9 Å². The summed E-state index contributed by atoms with van der Waals surface area (Å²) in [4.78, 5) is 19.6. The van der Waals surface area contributed by atoms with Crippen molar-refractivity contribution in [2.24, 2.45) is 0 Å². The van der Waals surface area contributed by atoms with Crippen LogP contribution in [0.2, 0.25) is 0 Å². The number of carbonyl (C=O) groups excluding carboxylic acids is 1. The quantitative estimate of drug-likeness (QED) is 0.470. The molecule has 2 aliphatic rings. The minimum Gasteiger partial charge on any atom is -0.496 e. The smallest absolute Gasteiger partial charge is 0.387 e. The Hall–Kier alpha value is -3.40. The van der Waals surface area contributed by atoms with Crippen LogP contribution < -0.4 is 19.5 Å². The van der Waals surface area contributed by atoms with Crippen molar-refractivity contribution in [3.63, 3.8) is 0 Å². The number of rotatable bonds is 9. The van der Waals surface area contributed by atoms with E-state index in [2.05, 4.69) is 22.2 Å².